The molecule has 0 fully saturated rings. The third-order valence-electron chi connectivity index (χ3n) is 3.11. The van der Waals surface area contributed by atoms with Crippen LogP contribution in [0.3, 0.4) is 0 Å². The van der Waals surface area contributed by atoms with E-state index in [1.165, 1.54) is 0 Å². The summed E-state index contributed by atoms with van der Waals surface area (Å²) >= 11 is 0. The molecule has 2 heterocycles. The van der Waals surface area contributed by atoms with Gasteiger partial charge in [-0.25, -0.2) is 18.1 Å². The number of hydrogen-bond acceptors (Lipinski definition) is 4. The van der Waals surface area contributed by atoms with E-state index in [0.29, 0.717) is 12.5 Å². The molecular weight excluding hydrogens is 276 g/mol. The summed E-state index contributed by atoms with van der Waals surface area (Å²) < 4.78 is 28.7. The average molecular weight is 298 g/mol. The van der Waals surface area contributed by atoms with E-state index in [4.69, 9.17) is 0 Å². The lowest BCUT2D eigenvalue weighted by Gasteiger charge is -2.14. The zero-order valence-corrected chi connectivity index (χ0v) is 12.8. The van der Waals surface area contributed by atoms with Crippen LogP contribution >= 0.6 is 0 Å². The predicted octanol–water partition coefficient (Wildman–Crippen LogP) is 0.737. The predicted molar refractivity (Wildman–Crippen MR) is 77.8 cm³/mol. The van der Waals surface area contributed by atoms with Gasteiger partial charge in [-0.05, 0) is 18.9 Å². The molecule has 20 heavy (non-hydrogen) atoms. The summed E-state index contributed by atoms with van der Waals surface area (Å²) in [7, 11) is -3.52. The molecule has 0 atom stereocenters. The maximum Gasteiger partial charge on any atom is 0.259 e. The Morgan fingerprint density at radius 3 is 2.95 bits per heavy atom. The first kappa shape index (κ1) is 15.2. The number of rotatable bonds is 6. The van der Waals surface area contributed by atoms with Crippen molar-refractivity contribution >= 4 is 10.0 Å². The quantitative estimate of drug-likeness (QED) is 0.760. The summed E-state index contributed by atoms with van der Waals surface area (Å²) in [6, 6.07) is 0. The lowest BCUT2D eigenvalue weighted by Crippen LogP contribution is -2.29. The van der Waals surface area contributed by atoms with Crippen LogP contribution in [0.5, 0.6) is 0 Å². The Hall–Kier alpha value is -1.18. The zero-order valence-electron chi connectivity index (χ0n) is 12.0. The molecular formula is C13H22N4O2S. The van der Waals surface area contributed by atoms with Crippen LogP contribution < -0.4 is 10.0 Å². The minimum atomic E-state index is -3.52. The van der Waals surface area contributed by atoms with Gasteiger partial charge < -0.3 is 9.88 Å². The molecule has 0 spiro atoms. The number of sulfonamides is 1. The molecule has 0 amide bonds. The van der Waals surface area contributed by atoms with Gasteiger partial charge >= 0.3 is 0 Å². The minimum absolute atomic E-state index is 0.0904. The molecule has 0 aliphatic carbocycles. The fraction of sp³-hybridized carbons (Fsp3) is 0.615. The van der Waals surface area contributed by atoms with Gasteiger partial charge in [0.05, 0.1) is 6.33 Å². The van der Waals surface area contributed by atoms with E-state index < -0.39 is 10.0 Å². The Morgan fingerprint density at radius 1 is 1.50 bits per heavy atom. The fourth-order valence-electron chi connectivity index (χ4n) is 2.09. The number of nitrogens with zero attached hydrogens (tertiary/aromatic N) is 2. The number of nitrogens with one attached hydrogen (secondary N) is 2. The molecule has 0 aromatic carbocycles. The van der Waals surface area contributed by atoms with Gasteiger partial charge in [0.1, 0.15) is 0 Å². The molecule has 7 heteroatoms. The molecule has 2 N–H and O–H groups in total. The van der Waals surface area contributed by atoms with Gasteiger partial charge in [0.25, 0.3) is 10.0 Å². The Balaban J connectivity index is 1.98. The molecule has 0 unspecified atom stereocenters. The first-order valence-electron chi connectivity index (χ1n) is 6.87. The molecule has 1 aliphatic heterocycles. The zero-order chi connectivity index (χ0) is 14.6. The fourth-order valence-corrected chi connectivity index (χ4v) is 3.07. The van der Waals surface area contributed by atoms with E-state index >= 15 is 0 Å². The topological polar surface area (TPSA) is 76.0 Å². The van der Waals surface area contributed by atoms with Gasteiger partial charge in [-0.3, -0.25) is 0 Å². The van der Waals surface area contributed by atoms with Gasteiger partial charge in [-0.15, -0.1) is 0 Å². The van der Waals surface area contributed by atoms with Crippen molar-refractivity contribution in [3.8, 4) is 0 Å². The summed E-state index contributed by atoms with van der Waals surface area (Å²) in [5.74, 6) is 0.451. The highest BCUT2D eigenvalue weighted by atomic mass is 32.2. The summed E-state index contributed by atoms with van der Waals surface area (Å²) in [4.78, 5) is 3.99. The van der Waals surface area contributed by atoms with E-state index in [0.717, 1.165) is 31.6 Å². The normalized spacial score (nSPS) is 16.4. The number of hydrogen-bond donors (Lipinski definition) is 2. The second kappa shape index (κ2) is 6.51. The van der Waals surface area contributed by atoms with Crippen molar-refractivity contribution in [1.82, 2.24) is 19.6 Å². The Kier molecular flexibility index (Phi) is 4.95. The van der Waals surface area contributed by atoms with Crippen LogP contribution in [-0.4, -0.2) is 37.6 Å². The van der Waals surface area contributed by atoms with Gasteiger partial charge in [-0.1, -0.05) is 25.5 Å². The Bertz CT molecular complexity index is 575. The highest BCUT2D eigenvalue weighted by Crippen LogP contribution is 2.09. The van der Waals surface area contributed by atoms with Crippen molar-refractivity contribution in [2.75, 3.05) is 19.6 Å². The van der Waals surface area contributed by atoms with E-state index in [2.05, 4.69) is 28.9 Å². The molecule has 112 valence electrons. The molecule has 0 bridgehead atoms. The molecule has 2 rings (SSSR count). The summed E-state index contributed by atoms with van der Waals surface area (Å²) in [5.41, 5.74) is 1.12. The van der Waals surface area contributed by atoms with Crippen molar-refractivity contribution < 1.29 is 8.42 Å². The van der Waals surface area contributed by atoms with Gasteiger partial charge in [0.15, 0.2) is 5.03 Å². The highest BCUT2D eigenvalue weighted by molar-refractivity contribution is 7.89. The smallest absolute Gasteiger partial charge is 0.259 e. The van der Waals surface area contributed by atoms with Crippen molar-refractivity contribution in [3.05, 3.63) is 24.2 Å². The van der Waals surface area contributed by atoms with Crippen LogP contribution in [0.4, 0.5) is 0 Å². The number of imidazole rings is 1. The third kappa shape index (κ3) is 4.16. The van der Waals surface area contributed by atoms with Crippen molar-refractivity contribution in [1.29, 1.82) is 0 Å². The monoisotopic (exact) mass is 298 g/mol. The van der Waals surface area contributed by atoms with E-state index in [9.17, 15) is 8.42 Å². The highest BCUT2D eigenvalue weighted by Gasteiger charge is 2.18. The third-order valence-corrected chi connectivity index (χ3v) is 4.39. The van der Waals surface area contributed by atoms with E-state index in [1.54, 1.807) is 12.5 Å². The lowest BCUT2D eigenvalue weighted by atomic mass is 10.1. The second-order valence-corrected chi connectivity index (χ2v) is 7.16. The molecule has 0 saturated carbocycles. The van der Waals surface area contributed by atoms with Crippen LogP contribution in [0.1, 0.15) is 20.3 Å². The van der Waals surface area contributed by atoms with Crippen LogP contribution in [0.2, 0.25) is 0 Å². The van der Waals surface area contributed by atoms with Crippen molar-refractivity contribution in [2.45, 2.75) is 31.8 Å². The standard InChI is InChI=1S/C13H22N4O2S/c1-11(2)8-17-9-13(15-10-17)20(18,19)16-7-12-3-5-14-6-4-12/h3,9-11,14,16H,4-8H2,1-2H3. The van der Waals surface area contributed by atoms with Crippen LogP contribution in [0.25, 0.3) is 0 Å². The average Bonchev–Trinajstić information content (AvgIpc) is 2.86. The van der Waals surface area contributed by atoms with Gasteiger partial charge in [0.2, 0.25) is 0 Å². The molecule has 0 saturated heterocycles. The summed E-state index contributed by atoms with van der Waals surface area (Å²) in [6.07, 6.45) is 6.06. The Morgan fingerprint density at radius 2 is 2.30 bits per heavy atom. The van der Waals surface area contributed by atoms with Crippen LogP contribution in [-0.2, 0) is 16.6 Å². The van der Waals surface area contributed by atoms with Crippen LogP contribution in [0.15, 0.2) is 29.2 Å². The first-order chi connectivity index (χ1) is 9.47. The largest absolute Gasteiger partial charge is 0.336 e. The van der Waals surface area contributed by atoms with E-state index in [-0.39, 0.29) is 5.03 Å². The minimum Gasteiger partial charge on any atom is -0.336 e. The maximum absolute atomic E-state index is 12.1. The molecule has 1 aromatic heterocycles. The van der Waals surface area contributed by atoms with Gasteiger partial charge in [0, 0.05) is 25.8 Å². The number of aromatic nitrogens is 2. The maximum atomic E-state index is 12.1. The van der Waals surface area contributed by atoms with Crippen molar-refractivity contribution in [2.24, 2.45) is 5.92 Å². The van der Waals surface area contributed by atoms with Gasteiger partial charge in [-0.2, -0.15) is 0 Å². The SMILES string of the molecule is CC(C)Cn1cnc(S(=O)(=O)NCC2=CCNCC2)c1. The summed E-state index contributed by atoms with van der Waals surface area (Å²) in [6.45, 7) is 6.99. The molecule has 6 nitrogen and oxygen atoms in total. The lowest BCUT2D eigenvalue weighted by molar-refractivity contribution is 0.521. The summed E-state index contributed by atoms with van der Waals surface area (Å²) in [5, 5.41) is 3.29. The second-order valence-electron chi connectivity index (χ2n) is 5.44. The first-order valence-corrected chi connectivity index (χ1v) is 8.36. The molecule has 0 radical (unpaired) electrons. The molecule has 1 aliphatic rings. The Labute approximate surface area is 120 Å². The molecule has 1 aromatic rings. The van der Waals surface area contributed by atoms with Crippen LogP contribution in [0, 0.1) is 5.92 Å². The van der Waals surface area contributed by atoms with E-state index in [1.807, 2.05) is 10.6 Å². The van der Waals surface area contributed by atoms with Crippen molar-refractivity contribution in [3.63, 3.8) is 0 Å².